The van der Waals surface area contributed by atoms with Crippen LogP contribution in [0, 0.1) is 0 Å². The van der Waals surface area contributed by atoms with Gasteiger partial charge in [-0.05, 0) is 36.6 Å². The maximum Gasteiger partial charge on any atom is 0.238 e. The molecule has 4 nitrogen and oxygen atoms in total. The topological polar surface area (TPSA) is 64.3 Å². The molecule has 0 saturated heterocycles. The van der Waals surface area contributed by atoms with Gasteiger partial charge in [0.15, 0.2) is 0 Å². The molecule has 0 aliphatic carbocycles. The molecular weight excluding hydrogens is 240 g/mol. The van der Waals surface area contributed by atoms with E-state index in [2.05, 4.69) is 38.2 Å². The maximum absolute atomic E-state index is 11.1. The van der Waals surface area contributed by atoms with Crippen LogP contribution >= 0.6 is 0 Å². The third-order valence-corrected chi connectivity index (χ3v) is 3.63. The molecule has 1 atom stereocenters. The third kappa shape index (κ3) is 4.24. The van der Waals surface area contributed by atoms with Crippen molar-refractivity contribution in [1.29, 1.82) is 0 Å². The third-order valence-electron chi connectivity index (χ3n) is 3.63. The van der Waals surface area contributed by atoms with Crippen molar-refractivity contribution in [2.45, 2.75) is 38.6 Å². The molecule has 1 aromatic rings. The zero-order chi connectivity index (χ0) is 14.5. The van der Waals surface area contributed by atoms with Gasteiger partial charge in [-0.3, -0.25) is 4.79 Å². The Kier molecular flexibility index (Phi) is 5.36. The summed E-state index contributed by atoms with van der Waals surface area (Å²) in [5, 5.41) is 2.82. The second kappa shape index (κ2) is 6.57. The molecule has 0 aliphatic rings. The number of nitrogens with two attached hydrogens (primary N) is 1. The van der Waals surface area contributed by atoms with Gasteiger partial charge >= 0.3 is 0 Å². The number of likely N-dealkylation sites (N-methyl/N-ethyl adjacent to an activating group) is 1. The van der Waals surface area contributed by atoms with Crippen LogP contribution in [0.1, 0.15) is 32.8 Å². The van der Waals surface area contributed by atoms with Gasteiger partial charge in [0.05, 0.1) is 0 Å². The lowest BCUT2D eigenvalue weighted by molar-refractivity contribution is -0.120. The van der Waals surface area contributed by atoms with Crippen molar-refractivity contribution in [3.8, 4) is 5.75 Å². The minimum Gasteiger partial charge on any atom is -0.491 e. The van der Waals surface area contributed by atoms with E-state index in [0.717, 1.165) is 12.2 Å². The summed E-state index contributed by atoms with van der Waals surface area (Å²) in [6, 6.07) is 7.53. The van der Waals surface area contributed by atoms with Crippen LogP contribution in [-0.2, 0) is 10.2 Å². The normalized spacial score (nSPS) is 13.1. The highest BCUT2D eigenvalue weighted by Crippen LogP contribution is 2.27. The highest BCUT2D eigenvalue weighted by Gasteiger charge is 2.18. The summed E-state index contributed by atoms with van der Waals surface area (Å²) in [6.45, 7) is 6.84. The van der Waals surface area contributed by atoms with E-state index in [4.69, 9.17) is 10.5 Å². The second-order valence-electron chi connectivity index (χ2n) is 5.32. The molecule has 0 saturated carbocycles. The van der Waals surface area contributed by atoms with E-state index in [1.54, 1.807) is 7.05 Å². The summed E-state index contributed by atoms with van der Waals surface area (Å²) in [7, 11) is 1.69. The van der Waals surface area contributed by atoms with Crippen molar-refractivity contribution in [3.63, 3.8) is 0 Å². The number of ether oxygens (including phenoxy) is 1. The quantitative estimate of drug-likeness (QED) is 0.789. The predicted octanol–water partition coefficient (Wildman–Crippen LogP) is 1.83. The number of rotatable bonds is 7. The summed E-state index contributed by atoms with van der Waals surface area (Å²) in [5.41, 5.74) is 6.68. The first-order valence-corrected chi connectivity index (χ1v) is 6.60. The van der Waals surface area contributed by atoms with E-state index in [1.165, 1.54) is 5.56 Å². The number of primary amides is 1. The Balaban J connectivity index is 2.65. The van der Waals surface area contributed by atoms with Crippen LogP contribution in [0.15, 0.2) is 24.3 Å². The first-order chi connectivity index (χ1) is 8.90. The van der Waals surface area contributed by atoms with Crippen LogP contribution in [0.25, 0.3) is 0 Å². The van der Waals surface area contributed by atoms with Crippen molar-refractivity contribution in [1.82, 2.24) is 5.32 Å². The number of benzene rings is 1. The van der Waals surface area contributed by atoms with Crippen molar-refractivity contribution >= 4 is 5.91 Å². The standard InChI is InChI=1S/C15H24N2O2/c1-5-15(2,3)11-6-8-12(9-7-11)19-10-13(17-4)14(16)18/h6-9,13,17H,5,10H2,1-4H3,(H2,16,18). The van der Waals surface area contributed by atoms with Crippen LogP contribution in [0.2, 0.25) is 0 Å². The van der Waals surface area contributed by atoms with Crippen molar-refractivity contribution in [2.24, 2.45) is 5.73 Å². The second-order valence-corrected chi connectivity index (χ2v) is 5.32. The summed E-state index contributed by atoms with van der Waals surface area (Å²) in [4.78, 5) is 11.1. The number of amides is 1. The van der Waals surface area contributed by atoms with E-state index in [-0.39, 0.29) is 12.0 Å². The molecule has 0 heterocycles. The monoisotopic (exact) mass is 264 g/mol. The van der Waals surface area contributed by atoms with E-state index in [9.17, 15) is 4.79 Å². The molecule has 19 heavy (non-hydrogen) atoms. The smallest absolute Gasteiger partial charge is 0.238 e. The molecule has 4 heteroatoms. The number of hydrogen-bond acceptors (Lipinski definition) is 3. The van der Waals surface area contributed by atoms with Gasteiger partial charge in [0.2, 0.25) is 5.91 Å². The Hall–Kier alpha value is -1.55. The van der Waals surface area contributed by atoms with Gasteiger partial charge in [-0.2, -0.15) is 0 Å². The Labute approximate surface area is 115 Å². The fourth-order valence-electron chi connectivity index (χ4n) is 1.69. The molecule has 1 amide bonds. The molecule has 0 radical (unpaired) electrons. The average molecular weight is 264 g/mol. The van der Waals surface area contributed by atoms with Crippen molar-refractivity contribution in [3.05, 3.63) is 29.8 Å². The lowest BCUT2D eigenvalue weighted by atomic mass is 9.82. The van der Waals surface area contributed by atoms with Crippen LogP contribution in [0.4, 0.5) is 0 Å². The zero-order valence-corrected chi connectivity index (χ0v) is 12.2. The molecule has 1 unspecified atom stereocenters. The average Bonchev–Trinajstić information content (AvgIpc) is 2.39. The van der Waals surface area contributed by atoms with Gasteiger partial charge in [-0.1, -0.05) is 32.9 Å². The molecule has 0 aliphatic heterocycles. The number of hydrogen-bond donors (Lipinski definition) is 2. The summed E-state index contributed by atoms with van der Waals surface area (Å²) in [6.07, 6.45) is 1.08. The summed E-state index contributed by atoms with van der Waals surface area (Å²) >= 11 is 0. The lowest BCUT2D eigenvalue weighted by Crippen LogP contribution is -2.43. The van der Waals surface area contributed by atoms with E-state index < -0.39 is 11.9 Å². The van der Waals surface area contributed by atoms with Crippen LogP contribution in [-0.4, -0.2) is 25.6 Å². The van der Waals surface area contributed by atoms with Crippen LogP contribution in [0.5, 0.6) is 5.75 Å². The fraction of sp³-hybridized carbons (Fsp3) is 0.533. The number of carbonyl (C=O) groups excluding carboxylic acids is 1. The Morgan fingerprint density at radius 1 is 1.37 bits per heavy atom. The largest absolute Gasteiger partial charge is 0.491 e. The van der Waals surface area contributed by atoms with Gasteiger partial charge < -0.3 is 15.8 Å². The Morgan fingerprint density at radius 2 is 1.95 bits per heavy atom. The first-order valence-electron chi connectivity index (χ1n) is 6.60. The number of carbonyl (C=O) groups is 1. The van der Waals surface area contributed by atoms with Crippen LogP contribution in [0.3, 0.4) is 0 Å². The molecule has 0 fully saturated rings. The molecule has 1 rings (SSSR count). The molecule has 3 N–H and O–H groups in total. The van der Waals surface area contributed by atoms with E-state index >= 15 is 0 Å². The molecular formula is C15H24N2O2. The minimum absolute atomic E-state index is 0.166. The molecule has 0 bridgehead atoms. The van der Waals surface area contributed by atoms with Gasteiger partial charge in [-0.25, -0.2) is 0 Å². The summed E-state index contributed by atoms with van der Waals surface area (Å²) < 4.78 is 5.56. The molecule has 0 aromatic heterocycles. The Morgan fingerprint density at radius 3 is 2.37 bits per heavy atom. The predicted molar refractivity (Wildman–Crippen MR) is 77.3 cm³/mol. The lowest BCUT2D eigenvalue weighted by Gasteiger charge is -2.23. The SMILES string of the molecule is CCC(C)(C)c1ccc(OCC(NC)C(N)=O)cc1. The maximum atomic E-state index is 11.1. The zero-order valence-electron chi connectivity index (χ0n) is 12.2. The minimum atomic E-state index is -0.466. The van der Waals surface area contributed by atoms with Gasteiger partial charge in [0.1, 0.15) is 18.4 Å². The van der Waals surface area contributed by atoms with E-state index in [0.29, 0.717) is 0 Å². The summed E-state index contributed by atoms with van der Waals surface area (Å²) in [5.74, 6) is 0.336. The fourth-order valence-corrected chi connectivity index (χ4v) is 1.69. The van der Waals surface area contributed by atoms with Gasteiger partial charge in [0, 0.05) is 0 Å². The highest BCUT2D eigenvalue weighted by atomic mass is 16.5. The van der Waals surface area contributed by atoms with Gasteiger partial charge in [-0.15, -0.1) is 0 Å². The van der Waals surface area contributed by atoms with Crippen molar-refractivity contribution < 1.29 is 9.53 Å². The first kappa shape index (κ1) is 15.5. The Bertz CT molecular complexity index is 413. The highest BCUT2D eigenvalue weighted by molar-refractivity contribution is 5.79. The van der Waals surface area contributed by atoms with E-state index in [1.807, 2.05) is 12.1 Å². The molecule has 0 spiro atoms. The number of nitrogens with one attached hydrogen (secondary N) is 1. The van der Waals surface area contributed by atoms with Gasteiger partial charge in [0.25, 0.3) is 0 Å². The molecule has 106 valence electrons. The van der Waals surface area contributed by atoms with Crippen molar-refractivity contribution in [2.75, 3.05) is 13.7 Å². The molecule has 1 aromatic carbocycles. The van der Waals surface area contributed by atoms with Crippen LogP contribution < -0.4 is 15.8 Å².